The van der Waals surface area contributed by atoms with Crippen molar-refractivity contribution in [2.45, 2.75) is 10.1 Å². The normalized spacial score (nSPS) is 10.0. The third-order valence-corrected chi connectivity index (χ3v) is 2.62. The molecule has 80 valence electrons. The number of aromatic carboxylic acids is 1. The van der Waals surface area contributed by atoms with E-state index in [4.69, 9.17) is 5.11 Å². The van der Waals surface area contributed by atoms with E-state index in [0.29, 0.717) is 5.03 Å². The first-order chi connectivity index (χ1) is 7.75. The topological polar surface area (TPSA) is 76.0 Å². The summed E-state index contributed by atoms with van der Waals surface area (Å²) in [6.45, 7) is 0. The number of carboxylic acids is 1. The van der Waals surface area contributed by atoms with Crippen LogP contribution in [-0.2, 0) is 0 Å². The Bertz CT molecular complexity index is 487. The number of nitrogens with zero attached hydrogens (tertiary/aromatic N) is 3. The molecule has 0 aliphatic carbocycles. The van der Waals surface area contributed by atoms with Crippen LogP contribution in [0.25, 0.3) is 0 Å². The molecule has 1 N–H and O–H groups in total. The Morgan fingerprint density at radius 3 is 2.69 bits per heavy atom. The molecule has 0 atom stereocenters. The van der Waals surface area contributed by atoms with E-state index in [1.165, 1.54) is 24.0 Å². The molecular weight excluding hydrogens is 226 g/mol. The number of aromatic nitrogens is 3. The zero-order valence-corrected chi connectivity index (χ0v) is 8.89. The molecular formula is C10H7N3O2S. The molecule has 0 radical (unpaired) electrons. The summed E-state index contributed by atoms with van der Waals surface area (Å²) < 4.78 is 0. The van der Waals surface area contributed by atoms with Crippen molar-refractivity contribution in [3.63, 3.8) is 0 Å². The summed E-state index contributed by atoms with van der Waals surface area (Å²) in [5.41, 5.74) is 0.170. The highest BCUT2D eigenvalue weighted by atomic mass is 32.2. The molecule has 0 spiro atoms. The van der Waals surface area contributed by atoms with Crippen LogP contribution in [0.2, 0.25) is 0 Å². The minimum atomic E-state index is -0.983. The number of carboxylic acid groups (broad SMARTS) is 1. The van der Waals surface area contributed by atoms with Gasteiger partial charge in [-0.05, 0) is 36.0 Å². The van der Waals surface area contributed by atoms with Gasteiger partial charge in [0.1, 0.15) is 10.1 Å². The van der Waals surface area contributed by atoms with Gasteiger partial charge in [-0.1, -0.05) is 0 Å². The molecule has 16 heavy (non-hydrogen) atoms. The van der Waals surface area contributed by atoms with E-state index in [1.807, 2.05) is 6.07 Å². The third-order valence-electron chi connectivity index (χ3n) is 1.74. The molecule has 2 heterocycles. The molecule has 2 aromatic heterocycles. The predicted octanol–water partition coefficient (Wildman–Crippen LogP) is 1.72. The summed E-state index contributed by atoms with van der Waals surface area (Å²) in [5.74, 6) is -0.983. The first kappa shape index (κ1) is 10.6. The third kappa shape index (κ3) is 2.54. The fraction of sp³-hybridized carbons (Fsp3) is 0. The van der Waals surface area contributed by atoms with Crippen molar-refractivity contribution >= 4 is 17.7 Å². The van der Waals surface area contributed by atoms with Crippen LogP contribution in [0, 0.1) is 0 Å². The summed E-state index contributed by atoms with van der Waals surface area (Å²) in [4.78, 5) is 14.6. The Morgan fingerprint density at radius 2 is 2.12 bits per heavy atom. The minimum Gasteiger partial charge on any atom is -0.478 e. The SMILES string of the molecule is O=C(O)c1ccc(Sc2cccnn2)nc1. The van der Waals surface area contributed by atoms with Crippen LogP contribution < -0.4 is 0 Å². The number of hydrogen-bond donors (Lipinski definition) is 1. The van der Waals surface area contributed by atoms with E-state index in [-0.39, 0.29) is 5.56 Å². The van der Waals surface area contributed by atoms with Crippen LogP contribution in [0.3, 0.4) is 0 Å². The Hall–Kier alpha value is -1.95. The lowest BCUT2D eigenvalue weighted by atomic mass is 10.3. The van der Waals surface area contributed by atoms with Crippen molar-refractivity contribution < 1.29 is 9.90 Å². The van der Waals surface area contributed by atoms with E-state index in [1.54, 1.807) is 18.3 Å². The number of carbonyl (C=O) groups is 1. The summed E-state index contributed by atoms with van der Waals surface area (Å²) >= 11 is 1.33. The molecule has 0 saturated heterocycles. The van der Waals surface area contributed by atoms with Crippen LogP contribution in [0.1, 0.15) is 10.4 Å². The highest BCUT2D eigenvalue weighted by Gasteiger charge is 2.04. The highest BCUT2D eigenvalue weighted by molar-refractivity contribution is 7.99. The van der Waals surface area contributed by atoms with Crippen LogP contribution in [0.5, 0.6) is 0 Å². The molecule has 0 unspecified atom stereocenters. The first-order valence-corrected chi connectivity index (χ1v) is 5.22. The smallest absolute Gasteiger partial charge is 0.337 e. The lowest BCUT2D eigenvalue weighted by Crippen LogP contribution is -1.96. The van der Waals surface area contributed by atoms with Gasteiger partial charge in [0.25, 0.3) is 0 Å². The van der Waals surface area contributed by atoms with Crippen LogP contribution >= 0.6 is 11.8 Å². The van der Waals surface area contributed by atoms with Gasteiger partial charge in [-0.25, -0.2) is 9.78 Å². The second-order valence-electron chi connectivity index (χ2n) is 2.85. The Kier molecular flexibility index (Phi) is 3.11. The monoisotopic (exact) mass is 233 g/mol. The molecule has 0 aliphatic heterocycles. The fourth-order valence-corrected chi connectivity index (χ4v) is 1.71. The standard InChI is InChI=1S/C10H7N3O2S/c14-10(15)7-3-4-8(11-6-7)16-9-2-1-5-12-13-9/h1-6H,(H,14,15). The maximum Gasteiger partial charge on any atom is 0.337 e. The van der Waals surface area contributed by atoms with E-state index in [9.17, 15) is 4.79 Å². The summed E-state index contributed by atoms with van der Waals surface area (Å²) in [6, 6.07) is 6.74. The summed E-state index contributed by atoms with van der Waals surface area (Å²) in [7, 11) is 0. The Labute approximate surface area is 95.6 Å². The molecule has 0 saturated carbocycles. The van der Waals surface area contributed by atoms with Crippen molar-refractivity contribution in [3.05, 3.63) is 42.2 Å². The first-order valence-electron chi connectivity index (χ1n) is 4.40. The molecule has 2 aromatic rings. The second kappa shape index (κ2) is 4.71. The van der Waals surface area contributed by atoms with Crippen LogP contribution in [0.15, 0.2) is 46.7 Å². The van der Waals surface area contributed by atoms with Gasteiger partial charge in [-0.2, -0.15) is 5.10 Å². The largest absolute Gasteiger partial charge is 0.478 e. The minimum absolute atomic E-state index is 0.170. The zero-order valence-electron chi connectivity index (χ0n) is 8.07. The van der Waals surface area contributed by atoms with E-state index >= 15 is 0 Å². The summed E-state index contributed by atoms with van der Waals surface area (Å²) in [6.07, 6.45) is 2.91. The van der Waals surface area contributed by atoms with Gasteiger partial charge in [-0.15, -0.1) is 5.10 Å². The predicted molar refractivity (Wildman–Crippen MR) is 57.4 cm³/mol. The van der Waals surface area contributed by atoms with Crippen LogP contribution in [0.4, 0.5) is 0 Å². The van der Waals surface area contributed by atoms with Gasteiger partial charge in [0, 0.05) is 12.4 Å². The number of hydrogen-bond acceptors (Lipinski definition) is 5. The second-order valence-corrected chi connectivity index (χ2v) is 3.89. The van der Waals surface area contributed by atoms with Crippen molar-refractivity contribution in [2.24, 2.45) is 0 Å². The van der Waals surface area contributed by atoms with Crippen molar-refractivity contribution in [3.8, 4) is 0 Å². The zero-order chi connectivity index (χ0) is 11.4. The Morgan fingerprint density at radius 1 is 1.25 bits per heavy atom. The van der Waals surface area contributed by atoms with Crippen molar-refractivity contribution in [2.75, 3.05) is 0 Å². The number of rotatable bonds is 3. The molecule has 6 heteroatoms. The lowest BCUT2D eigenvalue weighted by molar-refractivity contribution is 0.0696. The molecule has 2 rings (SSSR count). The molecule has 0 aromatic carbocycles. The maximum absolute atomic E-state index is 10.6. The van der Waals surface area contributed by atoms with E-state index in [0.717, 1.165) is 5.03 Å². The quantitative estimate of drug-likeness (QED) is 0.869. The van der Waals surface area contributed by atoms with Gasteiger partial charge in [0.2, 0.25) is 0 Å². The highest BCUT2D eigenvalue weighted by Crippen LogP contribution is 2.22. The van der Waals surface area contributed by atoms with Gasteiger partial charge in [-0.3, -0.25) is 0 Å². The maximum atomic E-state index is 10.6. The average molecular weight is 233 g/mol. The molecule has 0 bridgehead atoms. The van der Waals surface area contributed by atoms with Crippen molar-refractivity contribution in [1.82, 2.24) is 15.2 Å². The average Bonchev–Trinajstić information content (AvgIpc) is 2.31. The number of pyridine rings is 1. The molecule has 0 amide bonds. The van der Waals surface area contributed by atoms with Gasteiger partial charge < -0.3 is 5.11 Å². The molecule has 5 nitrogen and oxygen atoms in total. The van der Waals surface area contributed by atoms with Crippen LogP contribution in [-0.4, -0.2) is 26.3 Å². The van der Waals surface area contributed by atoms with Gasteiger partial charge in [0.05, 0.1) is 5.56 Å². The molecule has 0 aliphatic rings. The van der Waals surface area contributed by atoms with Gasteiger partial charge >= 0.3 is 5.97 Å². The van der Waals surface area contributed by atoms with Crippen molar-refractivity contribution in [1.29, 1.82) is 0 Å². The summed E-state index contributed by atoms with van der Waals surface area (Å²) in [5, 5.41) is 17.7. The molecule has 0 fully saturated rings. The van der Waals surface area contributed by atoms with E-state index in [2.05, 4.69) is 15.2 Å². The Balaban J connectivity index is 2.14. The van der Waals surface area contributed by atoms with Gasteiger partial charge in [0.15, 0.2) is 0 Å². The lowest BCUT2D eigenvalue weighted by Gasteiger charge is -1.99. The fourth-order valence-electron chi connectivity index (χ4n) is 1.02. The van der Waals surface area contributed by atoms with E-state index < -0.39 is 5.97 Å².